The molecule has 2 aliphatic heterocycles. The highest BCUT2D eigenvalue weighted by Gasteiger charge is 2.57. The summed E-state index contributed by atoms with van der Waals surface area (Å²) in [4.78, 5) is 4.30. The molecule has 3 heterocycles. The van der Waals surface area contributed by atoms with Crippen LogP contribution in [0.25, 0.3) is 17.2 Å². The molecule has 0 spiro atoms. The number of benzene rings is 2. The van der Waals surface area contributed by atoms with E-state index in [4.69, 9.17) is 14.2 Å². The van der Waals surface area contributed by atoms with E-state index in [-0.39, 0.29) is 29.1 Å². The second-order valence-electron chi connectivity index (χ2n) is 11.0. The van der Waals surface area contributed by atoms with Gasteiger partial charge in [0.25, 0.3) is 0 Å². The zero-order valence-electron chi connectivity index (χ0n) is 22.7. The number of methoxy groups -OCH3 is 1. The lowest BCUT2D eigenvalue weighted by Crippen LogP contribution is -2.28. The van der Waals surface area contributed by atoms with Gasteiger partial charge in [0.05, 0.1) is 18.8 Å². The summed E-state index contributed by atoms with van der Waals surface area (Å²) >= 11 is 1.76. The van der Waals surface area contributed by atoms with Crippen molar-refractivity contribution in [2.24, 2.45) is 0 Å². The predicted molar refractivity (Wildman–Crippen MR) is 155 cm³/mol. The molecule has 2 aromatic carbocycles. The minimum atomic E-state index is -0.340. The van der Waals surface area contributed by atoms with E-state index >= 15 is 0 Å². The summed E-state index contributed by atoms with van der Waals surface area (Å²) in [5, 5.41) is 10.4. The minimum Gasteiger partial charge on any atom is -0.394 e. The van der Waals surface area contributed by atoms with Crippen molar-refractivity contribution in [1.29, 1.82) is 0 Å². The third-order valence-corrected chi connectivity index (χ3v) is 9.76. The van der Waals surface area contributed by atoms with Crippen LogP contribution in [-0.4, -0.2) is 52.3 Å². The third kappa shape index (κ3) is 5.88. The van der Waals surface area contributed by atoms with Crippen molar-refractivity contribution in [3.63, 3.8) is 0 Å². The number of rotatable bonds is 10. The van der Waals surface area contributed by atoms with E-state index < -0.39 is 0 Å². The molecule has 3 fully saturated rings. The van der Waals surface area contributed by atoms with Gasteiger partial charge >= 0.3 is 0 Å². The van der Waals surface area contributed by atoms with Crippen molar-refractivity contribution >= 4 is 17.8 Å². The number of nitrogens with zero attached hydrogens (tertiary/aromatic N) is 2. The number of imidazole rings is 1. The summed E-state index contributed by atoms with van der Waals surface area (Å²) in [7, 11) is 1.80. The summed E-state index contributed by atoms with van der Waals surface area (Å²) in [6.07, 6.45) is 13.6. The summed E-state index contributed by atoms with van der Waals surface area (Å²) in [6, 6.07) is 17.3. The van der Waals surface area contributed by atoms with Crippen LogP contribution in [0.5, 0.6) is 0 Å². The van der Waals surface area contributed by atoms with Crippen molar-refractivity contribution in [1.82, 2.24) is 9.55 Å². The van der Waals surface area contributed by atoms with Gasteiger partial charge in [0.1, 0.15) is 16.0 Å². The van der Waals surface area contributed by atoms with Gasteiger partial charge in [0, 0.05) is 26.1 Å². The highest BCUT2D eigenvalue weighted by atomic mass is 32.2. The zero-order valence-corrected chi connectivity index (χ0v) is 23.6. The van der Waals surface area contributed by atoms with Gasteiger partial charge in [-0.3, -0.25) is 0 Å². The summed E-state index contributed by atoms with van der Waals surface area (Å²) < 4.78 is 19.6. The maximum Gasteiger partial charge on any atom is 0.159 e. The standard InChI is InChI=1S/C32H38N2O4S/c1-32(38-29-5-3-4-18-37-29)30(39-32)31-33-16-17-34(31)27(21-35)15-8-22-6-9-23(10-7-22)24-11-13-25(14-12-24)26-19-28(20-26)36-2/h6-17,26-30,35H,3-5,18-21H2,1-2H3/b15-8+/t26?,27-,28?,29?,30?,32-/m0/s1. The predicted octanol–water partition coefficient (Wildman–Crippen LogP) is 6.74. The second kappa shape index (κ2) is 11.6. The van der Waals surface area contributed by atoms with Gasteiger partial charge in [-0.05, 0) is 67.2 Å². The maximum atomic E-state index is 10.2. The Balaban J connectivity index is 1.09. The molecule has 2 saturated heterocycles. The van der Waals surface area contributed by atoms with Crippen LogP contribution in [0.4, 0.5) is 0 Å². The van der Waals surface area contributed by atoms with Gasteiger partial charge in [-0.25, -0.2) is 4.98 Å². The van der Waals surface area contributed by atoms with E-state index in [0.717, 1.165) is 50.1 Å². The van der Waals surface area contributed by atoms with Gasteiger partial charge < -0.3 is 23.9 Å². The van der Waals surface area contributed by atoms with Crippen molar-refractivity contribution in [3.8, 4) is 11.1 Å². The highest BCUT2D eigenvalue weighted by molar-refractivity contribution is 8.07. The molecule has 206 valence electrons. The van der Waals surface area contributed by atoms with E-state index in [9.17, 15) is 5.11 Å². The second-order valence-corrected chi connectivity index (χ2v) is 12.5. The van der Waals surface area contributed by atoms with Gasteiger partial charge in [-0.15, -0.1) is 11.8 Å². The fourth-order valence-electron chi connectivity index (χ4n) is 5.68. The molecule has 3 aliphatic rings. The molecule has 0 bridgehead atoms. The van der Waals surface area contributed by atoms with E-state index in [1.54, 1.807) is 18.9 Å². The average Bonchev–Trinajstić information content (AvgIpc) is 3.36. The van der Waals surface area contributed by atoms with Crippen LogP contribution in [0.15, 0.2) is 67.0 Å². The van der Waals surface area contributed by atoms with Crippen LogP contribution >= 0.6 is 11.8 Å². The van der Waals surface area contributed by atoms with Crippen LogP contribution in [-0.2, 0) is 14.2 Å². The minimum absolute atomic E-state index is 0.00287. The van der Waals surface area contributed by atoms with Crippen molar-refractivity contribution in [3.05, 3.63) is 84.0 Å². The molecule has 3 aromatic rings. The Labute approximate surface area is 235 Å². The molecule has 0 amide bonds. The highest BCUT2D eigenvalue weighted by Crippen LogP contribution is 2.65. The third-order valence-electron chi connectivity index (χ3n) is 8.32. The summed E-state index contributed by atoms with van der Waals surface area (Å²) in [5.74, 6) is 1.55. The average molecular weight is 547 g/mol. The van der Waals surface area contributed by atoms with Crippen LogP contribution in [0.3, 0.4) is 0 Å². The fraction of sp³-hybridized carbons (Fsp3) is 0.469. The maximum absolute atomic E-state index is 10.2. The van der Waals surface area contributed by atoms with Crippen molar-refractivity contribution in [2.45, 2.75) is 73.6 Å². The molecule has 7 heteroatoms. The first-order valence-corrected chi connectivity index (χ1v) is 15.0. The van der Waals surface area contributed by atoms with Crippen LogP contribution in [0.2, 0.25) is 0 Å². The van der Waals surface area contributed by atoms with E-state index in [1.807, 2.05) is 12.4 Å². The molecule has 39 heavy (non-hydrogen) atoms. The van der Waals surface area contributed by atoms with Crippen molar-refractivity contribution in [2.75, 3.05) is 20.3 Å². The number of hydrogen-bond acceptors (Lipinski definition) is 6. The molecule has 6 rings (SSSR count). The Hall–Kier alpha value is -2.42. The quantitative estimate of drug-likeness (QED) is 0.284. The molecule has 1 aliphatic carbocycles. The topological polar surface area (TPSA) is 65.7 Å². The van der Waals surface area contributed by atoms with Crippen molar-refractivity contribution < 1.29 is 19.3 Å². The lowest BCUT2D eigenvalue weighted by molar-refractivity contribution is -0.186. The van der Waals surface area contributed by atoms with E-state index in [0.29, 0.717) is 12.0 Å². The van der Waals surface area contributed by atoms with E-state index in [1.165, 1.54) is 16.7 Å². The molecule has 1 N–H and O–H groups in total. The molecule has 1 saturated carbocycles. The van der Waals surface area contributed by atoms with Crippen LogP contribution in [0.1, 0.15) is 73.2 Å². The Kier molecular flexibility index (Phi) is 7.96. The molecule has 6 nitrogen and oxygen atoms in total. The molecular formula is C32H38N2O4S. The normalized spacial score (nSPS) is 29.3. The Morgan fingerprint density at radius 2 is 1.87 bits per heavy atom. The lowest BCUT2D eigenvalue weighted by atomic mass is 9.77. The first kappa shape index (κ1) is 26.8. The largest absolute Gasteiger partial charge is 0.394 e. The Morgan fingerprint density at radius 1 is 1.13 bits per heavy atom. The first-order chi connectivity index (χ1) is 19.1. The number of aromatic nitrogens is 2. The van der Waals surface area contributed by atoms with Gasteiger partial charge in [-0.1, -0.05) is 60.7 Å². The summed E-state index contributed by atoms with van der Waals surface area (Å²) in [6.45, 7) is 2.88. The monoisotopic (exact) mass is 546 g/mol. The zero-order chi connectivity index (χ0) is 26.8. The lowest BCUT2D eigenvalue weighted by Gasteiger charge is -2.34. The van der Waals surface area contributed by atoms with Gasteiger partial charge in [-0.2, -0.15) is 0 Å². The molecule has 0 radical (unpaired) electrons. The molecule has 2 unspecified atom stereocenters. The number of thioether (sulfide) groups is 1. The Morgan fingerprint density at radius 3 is 2.54 bits per heavy atom. The SMILES string of the molecule is COC1CC(c2ccc(-c3ccc(/C=C/[C@@H](CO)n4ccnc4C4S[C@]4(C)OC4CCCCO4)cc3)cc2)C1. The van der Waals surface area contributed by atoms with Crippen LogP contribution in [0, 0.1) is 0 Å². The number of ether oxygens (including phenoxy) is 3. The molecule has 4 atom stereocenters. The smallest absolute Gasteiger partial charge is 0.159 e. The first-order valence-electron chi connectivity index (χ1n) is 14.1. The van der Waals surface area contributed by atoms with Gasteiger partial charge in [0.15, 0.2) is 6.29 Å². The number of aliphatic hydroxyl groups is 1. The molecule has 1 aromatic heterocycles. The number of aliphatic hydroxyl groups excluding tert-OH is 1. The Bertz CT molecular complexity index is 1260. The van der Waals surface area contributed by atoms with Gasteiger partial charge in [0.2, 0.25) is 0 Å². The summed E-state index contributed by atoms with van der Waals surface area (Å²) in [5.41, 5.74) is 4.92. The fourth-order valence-corrected chi connectivity index (χ4v) is 6.69. The number of hydrogen-bond donors (Lipinski definition) is 1. The van der Waals surface area contributed by atoms with Crippen LogP contribution < -0.4 is 0 Å². The molecular weight excluding hydrogens is 508 g/mol. The van der Waals surface area contributed by atoms with E-state index in [2.05, 4.69) is 77.2 Å².